The van der Waals surface area contributed by atoms with Crippen LogP contribution in [0.4, 0.5) is 16.3 Å². The molecule has 2 N–H and O–H groups in total. The van der Waals surface area contributed by atoms with Gasteiger partial charge in [0.2, 0.25) is 0 Å². The Morgan fingerprint density at radius 1 is 1.24 bits per heavy atom. The molecule has 4 rings (SSSR count). The van der Waals surface area contributed by atoms with Crippen LogP contribution >= 0.6 is 0 Å². The first-order valence-electron chi connectivity index (χ1n) is 10.8. The molecule has 33 heavy (non-hydrogen) atoms. The number of rotatable bonds is 8. The van der Waals surface area contributed by atoms with Gasteiger partial charge < -0.3 is 24.8 Å². The molecule has 10 nitrogen and oxygen atoms in total. The molecule has 174 valence electrons. The van der Waals surface area contributed by atoms with Crippen LogP contribution in [0.1, 0.15) is 25.0 Å². The Balaban J connectivity index is 1.58. The molecule has 2 aliphatic rings. The van der Waals surface area contributed by atoms with Crippen molar-refractivity contribution < 1.29 is 18.3 Å². The standard InChI is InChI=1S/C22H26N6O4S/c23-8-1-9-24-21(29)25-17-4-2-16(3-5-17)20-26-18(22(6-7-22)15-33(30)31)14-19(27-20)28-10-12-32-13-11-28/h2-5,14H,1,6-7,9-13,15H2,(H,30,31)(H2,24,25,29)/p-1. The van der Waals surface area contributed by atoms with Crippen LogP contribution < -0.4 is 15.5 Å². The second-order valence-corrected chi connectivity index (χ2v) is 9.03. The zero-order valence-corrected chi connectivity index (χ0v) is 18.9. The maximum absolute atomic E-state index is 11.9. The van der Waals surface area contributed by atoms with Crippen molar-refractivity contribution in [1.82, 2.24) is 15.3 Å². The predicted molar refractivity (Wildman–Crippen MR) is 122 cm³/mol. The second-order valence-electron chi connectivity index (χ2n) is 8.13. The number of anilines is 2. The fourth-order valence-corrected chi connectivity index (χ4v) is 4.64. The lowest BCUT2D eigenvalue weighted by molar-refractivity contribution is 0.122. The monoisotopic (exact) mass is 469 g/mol. The molecular formula is C22H25N6O4S-. The number of aromatic nitrogens is 2. The first-order chi connectivity index (χ1) is 16.0. The van der Waals surface area contributed by atoms with Crippen molar-refractivity contribution in [2.24, 2.45) is 0 Å². The highest BCUT2D eigenvalue weighted by Gasteiger charge is 2.46. The van der Waals surface area contributed by atoms with Gasteiger partial charge >= 0.3 is 6.03 Å². The van der Waals surface area contributed by atoms with Crippen molar-refractivity contribution in [3.05, 3.63) is 36.0 Å². The van der Waals surface area contributed by atoms with Crippen LogP contribution in [0.15, 0.2) is 30.3 Å². The van der Waals surface area contributed by atoms with Gasteiger partial charge in [0.05, 0.1) is 31.4 Å². The van der Waals surface area contributed by atoms with E-state index in [9.17, 15) is 13.6 Å². The van der Waals surface area contributed by atoms with Crippen molar-refractivity contribution in [3.8, 4) is 17.5 Å². The van der Waals surface area contributed by atoms with E-state index in [1.165, 1.54) is 0 Å². The summed E-state index contributed by atoms with van der Waals surface area (Å²) in [6.07, 6.45) is 1.81. The van der Waals surface area contributed by atoms with E-state index < -0.39 is 16.5 Å². The Bertz CT molecular complexity index is 1060. The van der Waals surface area contributed by atoms with E-state index in [1.54, 1.807) is 12.1 Å². The Labute approximate surface area is 194 Å². The van der Waals surface area contributed by atoms with Gasteiger partial charge in [0.25, 0.3) is 0 Å². The minimum Gasteiger partial charge on any atom is -0.772 e. The number of carbonyl (C=O) groups excluding carboxylic acids is 1. The number of urea groups is 1. The third kappa shape index (κ3) is 5.84. The van der Waals surface area contributed by atoms with Gasteiger partial charge in [-0.25, -0.2) is 14.8 Å². The Morgan fingerprint density at radius 3 is 2.61 bits per heavy atom. The highest BCUT2D eigenvalue weighted by atomic mass is 32.2. The normalized spacial score (nSPS) is 17.6. The highest BCUT2D eigenvalue weighted by Crippen LogP contribution is 2.48. The SMILES string of the molecule is N#CCCNC(=O)Nc1ccc(-c2nc(N3CCOCC3)cc(C3(CS(=O)[O-])CC3)n2)cc1. The minimum absolute atomic E-state index is 0.0514. The van der Waals surface area contributed by atoms with E-state index in [1.807, 2.05) is 24.3 Å². The van der Waals surface area contributed by atoms with Crippen LogP contribution in [0.25, 0.3) is 11.4 Å². The quantitative estimate of drug-likeness (QED) is 0.441. The number of nitrogens with one attached hydrogen (secondary N) is 2. The van der Waals surface area contributed by atoms with Crippen LogP contribution in [0, 0.1) is 11.3 Å². The van der Waals surface area contributed by atoms with Gasteiger partial charge in [0.15, 0.2) is 5.82 Å². The van der Waals surface area contributed by atoms with Crippen LogP contribution in [0.3, 0.4) is 0 Å². The van der Waals surface area contributed by atoms with E-state index >= 15 is 0 Å². The second kappa shape index (κ2) is 10.2. The van der Waals surface area contributed by atoms with Crippen molar-refractivity contribution in [1.29, 1.82) is 5.26 Å². The van der Waals surface area contributed by atoms with Gasteiger partial charge in [-0.2, -0.15) is 5.26 Å². The molecule has 2 heterocycles. The number of hydrogen-bond acceptors (Lipinski definition) is 8. The fourth-order valence-electron chi connectivity index (χ4n) is 3.75. The number of ether oxygens (including phenoxy) is 1. The Kier molecular flexibility index (Phi) is 7.17. The number of amides is 2. The molecule has 1 atom stereocenters. The smallest absolute Gasteiger partial charge is 0.319 e. The summed E-state index contributed by atoms with van der Waals surface area (Å²) in [6.45, 7) is 2.92. The number of benzene rings is 1. The molecule has 1 aromatic carbocycles. The molecule has 2 amide bonds. The zero-order valence-electron chi connectivity index (χ0n) is 18.1. The van der Waals surface area contributed by atoms with Gasteiger partial charge in [0, 0.05) is 48.1 Å². The number of carbonyl (C=O) groups is 1. The summed E-state index contributed by atoms with van der Waals surface area (Å²) in [5.74, 6) is 1.33. The molecule has 0 spiro atoms. The lowest BCUT2D eigenvalue weighted by atomic mass is 10.0. The van der Waals surface area contributed by atoms with E-state index in [0.717, 1.165) is 29.9 Å². The van der Waals surface area contributed by atoms with E-state index in [2.05, 4.69) is 15.5 Å². The number of nitriles is 1. The van der Waals surface area contributed by atoms with Crippen LogP contribution in [0.5, 0.6) is 0 Å². The van der Waals surface area contributed by atoms with Crippen molar-refractivity contribution >= 4 is 28.6 Å². The molecule has 11 heteroatoms. The maximum Gasteiger partial charge on any atom is 0.319 e. The van der Waals surface area contributed by atoms with Crippen LogP contribution in [-0.4, -0.2) is 63.4 Å². The predicted octanol–water partition coefficient (Wildman–Crippen LogP) is 1.93. The molecule has 0 radical (unpaired) electrons. The number of hydrogen-bond donors (Lipinski definition) is 2. The summed E-state index contributed by atoms with van der Waals surface area (Å²) < 4.78 is 28.4. The van der Waals surface area contributed by atoms with Crippen molar-refractivity contribution in [3.63, 3.8) is 0 Å². The Morgan fingerprint density at radius 2 is 1.97 bits per heavy atom. The van der Waals surface area contributed by atoms with Gasteiger partial charge in [-0.3, -0.25) is 4.21 Å². The van der Waals surface area contributed by atoms with Gasteiger partial charge in [-0.15, -0.1) is 0 Å². The summed E-state index contributed by atoms with van der Waals surface area (Å²) in [5, 5.41) is 13.9. The van der Waals surface area contributed by atoms with E-state index in [-0.39, 0.29) is 24.7 Å². The summed E-state index contributed by atoms with van der Waals surface area (Å²) in [4.78, 5) is 23.5. The molecule has 1 unspecified atom stereocenters. The summed E-state index contributed by atoms with van der Waals surface area (Å²) in [7, 11) is 0. The average molecular weight is 470 g/mol. The topological polar surface area (TPSA) is 143 Å². The average Bonchev–Trinajstić information content (AvgIpc) is 3.60. The Hall–Kier alpha value is -3.07. The first-order valence-corrected chi connectivity index (χ1v) is 12.0. The molecule has 1 aliphatic heterocycles. The molecule has 2 fully saturated rings. The minimum atomic E-state index is -2.16. The zero-order chi connectivity index (χ0) is 23.3. The lowest BCUT2D eigenvalue weighted by Gasteiger charge is -2.29. The summed E-state index contributed by atoms with van der Waals surface area (Å²) >= 11 is -2.16. The van der Waals surface area contributed by atoms with Crippen molar-refractivity contribution in [2.75, 3.05) is 48.8 Å². The van der Waals surface area contributed by atoms with Gasteiger partial charge in [-0.05, 0) is 37.1 Å². The van der Waals surface area contributed by atoms with Crippen molar-refractivity contribution in [2.45, 2.75) is 24.7 Å². The fraction of sp³-hybridized carbons (Fsp3) is 0.455. The number of nitrogens with zero attached hydrogens (tertiary/aromatic N) is 4. The first kappa shape index (κ1) is 23.1. The third-order valence-corrected chi connectivity index (χ3v) is 6.55. The largest absolute Gasteiger partial charge is 0.772 e. The third-order valence-electron chi connectivity index (χ3n) is 5.76. The molecule has 1 aromatic heterocycles. The molecule has 1 aliphatic carbocycles. The molecule has 1 saturated heterocycles. The van der Waals surface area contributed by atoms with Crippen LogP contribution in [-0.2, 0) is 21.2 Å². The lowest BCUT2D eigenvalue weighted by Crippen LogP contribution is -2.37. The molecular weight excluding hydrogens is 444 g/mol. The number of morpholine rings is 1. The van der Waals surface area contributed by atoms with Gasteiger partial charge in [0.1, 0.15) is 5.82 Å². The molecule has 1 saturated carbocycles. The van der Waals surface area contributed by atoms with E-state index in [0.29, 0.717) is 37.8 Å². The summed E-state index contributed by atoms with van der Waals surface area (Å²) in [5.41, 5.74) is 1.66. The molecule has 2 aromatic rings. The van der Waals surface area contributed by atoms with Gasteiger partial charge in [-0.1, -0.05) is 11.1 Å². The molecule has 0 bridgehead atoms. The maximum atomic E-state index is 11.9. The summed E-state index contributed by atoms with van der Waals surface area (Å²) in [6, 6.07) is 10.6. The van der Waals surface area contributed by atoms with Crippen LogP contribution in [0.2, 0.25) is 0 Å². The highest BCUT2D eigenvalue weighted by molar-refractivity contribution is 7.79. The van der Waals surface area contributed by atoms with E-state index in [4.69, 9.17) is 20.0 Å².